The van der Waals surface area contributed by atoms with Crippen molar-refractivity contribution in [3.8, 4) is 0 Å². The molecule has 3 nitrogen and oxygen atoms in total. The fourth-order valence-electron chi connectivity index (χ4n) is 1.21. The number of carbonyl (C=O) groups is 1. The van der Waals surface area contributed by atoms with E-state index in [9.17, 15) is 13.2 Å². The van der Waals surface area contributed by atoms with Crippen LogP contribution in [-0.4, -0.2) is 25.7 Å². The molecule has 0 bridgehead atoms. The largest absolute Gasteiger partial charge is 0.299 e. The Kier molecular flexibility index (Phi) is 2.65. The van der Waals surface area contributed by atoms with Crippen molar-refractivity contribution in [3.63, 3.8) is 0 Å². The van der Waals surface area contributed by atoms with E-state index in [-0.39, 0.29) is 17.3 Å². The quantitative estimate of drug-likeness (QED) is 0.541. The summed E-state index contributed by atoms with van der Waals surface area (Å²) in [5.41, 5.74) is 0. The Morgan fingerprint density at radius 3 is 2.55 bits per heavy atom. The molecule has 0 aromatic carbocycles. The van der Waals surface area contributed by atoms with Crippen molar-refractivity contribution in [2.45, 2.75) is 25.7 Å². The molecule has 1 heterocycles. The highest BCUT2D eigenvalue weighted by Crippen LogP contribution is 2.09. The molecule has 0 radical (unpaired) electrons. The number of ketones is 1. The third-order valence-corrected chi connectivity index (χ3v) is 3.46. The topological polar surface area (TPSA) is 51.2 Å². The van der Waals surface area contributed by atoms with Crippen LogP contribution >= 0.6 is 0 Å². The summed E-state index contributed by atoms with van der Waals surface area (Å²) in [4.78, 5) is 10.9. The van der Waals surface area contributed by atoms with E-state index in [0.717, 1.165) is 19.3 Å². The number of rotatable bonds is 0. The van der Waals surface area contributed by atoms with Crippen LogP contribution in [0.5, 0.6) is 0 Å². The minimum absolute atomic E-state index is 0.121. The second-order valence-corrected chi connectivity index (χ2v) is 5.13. The van der Waals surface area contributed by atoms with E-state index in [0.29, 0.717) is 6.42 Å². The van der Waals surface area contributed by atoms with E-state index in [1.54, 1.807) is 0 Å². The highest BCUT2D eigenvalue weighted by atomic mass is 32.2. The number of carbonyl (C=O) groups excluding carboxylic acids is 1. The van der Waals surface area contributed by atoms with Gasteiger partial charge in [-0.15, -0.1) is 0 Å². The average molecular weight is 176 g/mol. The first-order valence-corrected chi connectivity index (χ1v) is 5.64. The molecule has 0 unspecified atom stereocenters. The normalized spacial score (nSPS) is 25.6. The van der Waals surface area contributed by atoms with Crippen molar-refractivity contribution in [2.24, 2.45) is 0 Å². The molecule has 4 heteroatoms. The molecule has 0 atom stereocenters. The van der Waals surface area contributed by atoms with Gasteiger partial charge < -0.3 is 0 Å². The van der Waals surface area contributed by atoms with Crippen LogP contribution in [-0.2, 0) is 14.6 Å². The summed E-state index contributed by atoms with van der Waals surface area (Å²) in [6.07, 6.45) is 2.88. The maximum atomic E-state index is 11.0. The summed E-state index contributed by atoms with van der Waals surface area (Å²) in [5.74, 6) is -0.157. The molecule has 0 N–H and O–H groups in total. The summed E-state index contributed by atoms with van der Waals surface area (Å²) in [7, 11) is -3.04. The van der Waals surface area contributed by atoms with Crippen LogP contribution in [0.2, 0.25) is 0 Å². The van der Waals surface area contributed by atoms with Crippen LogP contribution in [0.25, 0.3) is 0 Å². The molecule has 0 aliphatic carbocycles. The van der Waals surface area contributed by atoms with Crippen LogP contribution in [0.4, 0.5) is 0 Å². The van der Waals surface area contributed by atoms with Crippen molar-refractivity contribution in [1.82, 2.24) is 0 Å². The van der Waals surface area contributed by atoms with Crippen LogP contribution in [0, 0.1) is 0 Å². The zero-order valence-corrected chi connectivity index (χ0v) is 7.19. The monoisotopic (exact) mass is 176 g/mol. The Morgan fingerprint density at radius 2 is 1.82 bits per heavy atom. The summed E-state index contributed by atoms with van der Waals surface area (Å²) in [6.45, 7) is 0. The average Bonchev–Trinajstić information content (AvgIpc) is 1.82. The van der Waals surface area contributed by atoms with Gasteiger partial charge in [0.25, 0.3) is 0 Å². The number of Topliss-reactive ketones (excluding diaryl/α,β-unsaturated/α-hetero) is 1. The van der Waals surface area contributed by atoms with Gasteiger partial charge in [0.1, 0.15) is 11.5 Å². The summed E-state index contributed by atoms with van der Waals surface area (Å²) < 4.78 is 22.0. The van der Waals surface area contributed by atoms with Gasteiger partial charge in [0.05, 0.1) is 5.75 Å². The molecule has 0 amide bonds. The lowest BCUT2D eigenvalue weighted by atomic mass is 10.1. The molecule has 0 spiro atoms. The van der Waals surface area contributed by atoms with Crippen LogP contribution in [0.15, 0.2) is 0 Å². The Bertz CT molecular complexity index is 240. The van der Waals surface area contributed by atoms with Gasteiger partial charge in [-0.1, -0.05) is 6.42 Å². The maximum Gasteiger partial charge on any atom is 0.157 e. The number of sulfone groups is 1. The molecule has 11 heavy (non-hydrogen) atoms. The van der Waals surface area contributed by atoms with E-state index in [1.807, 2.05) is 0 Å². The first kappa shape index (κ1) is 8.71. The third-order valence-electron chi connectivity index (χ3n) is 1.79. The molecule has 0 aromatic heterocycles. The Balaban J connectivity index is 2.64. The minimum Gasteiger partial charge on any atom is -0.299 e. The SMILES string of the molecule is O=C1CCCCCS(=O)(=O)C1. The van der Waals surface area contributed by atoms with Crippen molar-refractivity contribution < 1.29 is 13.2 Å². The molecule has 1 saturated heterocycles. The van der Waals surface area contributed by atoms with Gasteiger partial charge in [-0.2, -0.15) is 0 Å². The zero-order chi connectivity index (χ0) is 8.32. The molecular weight excluding hydrogens is 164 g/mol. The molecule has 0 saturated carbocycles. The Morgan fingerprint density at radius 1 is 1.09 bits per heavy atom. The van der Waals surface area contributed by atoms with Gasteiger partial charge in [-0.05, 0) is 12.8 Å². The molecule has 1 aliphatic rings. The highest BCUT2D eigenvalue weighted by molar-refractivity contribution is 7.92. The highest BCUT2D eigenvalue weighted by Gasteiger charge is 2.18. The first-order chi connectivity index (χ1) is 5.10. The van der Waals surface area contributed by atoms with Gasteiger partial charge in [-0.3, -0.25) is 4.79 Å². The molecular formula is C7H12O3S. The first-order valence-electron chi connectivity index (χ1n) is 3.82. The fourth-order valence-corrected chi connectivity index (χ4v) is 2.63. The van der Waals surface area contributed by atoms with Gasteiger partial charge in [-0.25, -0.2) is 8.42 Å². The third kappa shape index (κ3) is 3.01. The van der Waals surface area contributed by atoms with Gasteiger partial charge in [0, 0.05) is 6.42 Å². The Labute approximate surface area is 66.7 Å². The van der Waals surface area contributed by atoms with Crippen molar-refractivity contribution >= 4 is 15.6 Å². The van der Waals surface area contributed by atoms with Crippen LogP contribution in [0.1, 0.15) is 25.7 Å². The molecule has 64 valence electrons. The van der Waals surface area contributed by atoms with Gasteiger partial charge in [0.2, 0.25) is 0 Å². The molecule has 0 aromatic rings. The number of hydrogen-bond acceptors (Lipinski definition) is 3. The van der Waals surface area contributed by atoms with E-state index in [2.05, 4.69) is 0 Å². The van der Waals surface area contributed by atoms with Gasteiger partial charge in [0.15, 0.2) is 9.84 Å². The van der Waals surface area contributed by atoms with Crippen LogP contribution < -0.4 is 0 Å². The zero-order valence-electron chi connectivity index (χ0n) is 6.38. The number of hydrogen-bond donors (Lipinski definition) is 0. The molecule has 1 aliphatic heterocycles. The predicted molar refractivity (Wildman–Crippen MR) is 42.1 cm³/mol. The Hall–Kier alpha value is -0.380. The second-order valence-electron chi connectivity index (χ2n) is 2.94. The minimum atomic E-state index is -3.04. The maximum absolute atomic E-state index is 11.0. The van der Waals surface area contributed by atoms with E-state index in [1.165, 1.54) is 0 Å². The van der Waals surface area contributed by atoms with Gasteiger partial charge >= 0.3 is 0 Å². The summed E-state index contributed by atoms with van der Waals surface area (Å²) >= 11 is 0. The molecule has 1 fully saturated rings. The second kappa shape index (κ2) is 3.34. The van der Waals surface area contributed by atoms with E-state index < -0.39 is 9.84 Å². The standard InChI is InChI=1S/C7H12O3S/c8-7-4-2-1-3-5-11(9,10)6-7/h1-6H2. The van der Waals surface area contributed by atoms with Crippen molar-refractivity contribution in [1.29, 1.82) is 0 Å². The lowest BCUT2D eigenvalue weighted by molar-refractivity contribution is -0.116. The summed E-state index contributed by atoms with van der Waals surface area (Å²) in [5, 5.41) is 0. The van der Waals surface area contributed by atoms with Crippen molar-refractivity contribution in [3.05, 3.63) is 0 Å². The van der Waals surface area contributed by atoms with E-state index in [4.69, 9.17) is 0 Å². The smallest absolute Gasteiger partial charge is 0.157 e. The van der Waals surface area contributed by atoms with E-state index >= 15 is 0 Å². The lowest BCUT2D eigenvalue weighted by Crippen LogP contribution is -2.20. The lowest BCUT2D eigenvalue weighted by Gasteiger charge is -2.07. The predicted octanol–water partition coefficient (Wildman–Crippen LogP) is 0.544. The fraction of sp³-hybridized carbons (Fsp3) is 0.857. The van der Waals surface area contributed by atoms with Crippen molar-refractivity contribution in [2.75, 3.05) is 11.5 Å². The molecule has 1 rings (SSSR count). The summed E-state index contributed by atoms with van der Waals surface area (Å²) in [6, 6.07) is 0. The van der Waals surface area contributed by atoms with Crippen LogP contribution in [0.3, 0.4) is 0 Å².